The van der Waals surface area contributed by atoms with Crippen LogP contribution < -0.4 is 5.56 Å². The Kier molecular flexibility index (Phi) is 5.33. The second kappa shape index (κ2) is 7.02. The number of aromatic hydroxyl groups is 1. The van der Waals surface area contributed by atoms with Gasteiger partial charge in [-0.25, -0.2) is 4.98 Å². The van der Waals surface area contributed by atoms with E-state index < -0.39 is 6.29 Å². The molecule has 0 aliphatic heterocycles. The number of hydrogen-bond donors (Lipinski definition) is 1. The van der Waals surface area contributed by atoms with Crippen molar-refractivity contribution < 1.29 is 14.6 Å². The third kappa shape index (κ3) is 3.61. The van der Waals surface area contributed by atoms with E-state index in [1.807, 2.05) is 13.8 Å². The van der Waals surface area contributed by atoms with Crippen LogP contribution in [-0.2, 0) is 16.0 Å². The van der Waals surface area contributed by atoms with Crippen LogP contribution in [0.15, 0.2) is 27.6 Å². The molecule has 21 heavy (non-hydrogen) atoms. The SMILES string of the molecule is CCOC(Cn1c(=O)cc(O)c2cc(Br)cnc21)OCC. The fourth-order valence-corrected chi connectivity index (χ4v) is 2.39. The lowest BCUT2D eigenvalue weighted by Crippen LogP contribution is -2.30. The van der Waals surface area contributed by atoms with Crippen LogP contribution in [0.3, 0.4) is 0 Å². The molecule has 0 bridgehead atoms. The number of halogens is 1. The van der Waals surface area contributed by atoms with Crippen molar-refractivity contribution in [1.82, 2.24) is 9.55 Å². The summed E-state index contributed by atoms with van der Waals surface area (Å²) in [5.74, 6) is -0.0931. The molecule has 0 aromatic carbocycles. The van der Waals surface area contributed by atoms with Crippen molar-refractivity contribution >= 4 is 27.0 Å². The van der Waals surface area contributed by atoms with E-state index >= 15 is 0 Å². The van der Waals surface area contributed by atoms with Crippen LogP contribution >= 0.6 is 15.9 Å². The van der Waals surface area contributed by atoms with E-state index in [1.165, 1.54) is 10.6 Å². The molecular weight excluding hydrogens is 340 g/mol. The molecule has 0 amide bonds. The summed E-state index contributed by atoms with van der Waals surface area (Å²) in [6.07, 6.45) is 1.05. The van der Waals surface area contributed by atoms with Crippen LogP contribution in [0, 0.1) is 0 Å². The van der Waals surface area contributed by atoms with Crippen molar-refractivity contribution in [3.05, 3.63) is 33.2 Å². The van der Waals surface area contributed by atoms with Crippen LogP contribution in [-0.4, -0.2) is 34.2 Å². The van der Waals surface area contributed by atoms with Crippen LogP contribution in [0.25, 0.3) is 11.0 Å². The van der Waals surface area contributed by atoms with Gasteiger partial charge in [-0.2, -0.15) is 0 Å². The van der Waals surface area contributed by atoms with Gasteiger partial charge in [0.05, 0.1) is 11.9 Å². The van der Waals surface area contributed by atoms with Crippen molar-refractivity contribution in [2.45, 2.75) is 26.7 Å². The van der Waals surface area contributed by atoms with E-state index in [4.69, 9.17) is 9.47 Å². The topological polar surface area (TPSA) is 73.6 Å². The van der Waals surface area contributed by atoms with Gasteiger partial charge in [0.15, 0.2) is 6.29 Å². The molecule has 2 heterocycles. The van der Waals surface area contributed by atoms with E-state index in [2.05, 4.69) is 20.9 Å². The van der Waals surface area contributed by atoms with Gasteiger partial charge in [-0.05, 0) is 35.8 Å². The first-order chi connectivity index (χ1) is 10.1. The first-order valence-electron chi connectivity index (χ1n) is 6.68. The van der Waals surface area contributed by atoms with E-state index in [0.717, 1.165) is 4.47 Å². The molecule has 7 heteroatoms. The summed E-state index contributed by atoms with van der Waals surface area (Å²) >= 11 is 3.30. The highest BCUT2D eigenvalue weighted by atomic mass is 79.9. The molecular formula is C14H17BrN2O4. The Labute approximate surface area is 130 Å². The Hall–Kier alpha value is -1.44. The van der Waals surface area contributed by atoms with Crippen molar-refractivity contribution in [2.75, 3.05) is 13.2 Å². The van der Waals surface area contributed by atoms with E-state index in [0.29, 0.717) is 24.2 Å². The molecule has 2 aromatic rings. The molecule has 0 aliphatic rings. The van der Waals surface area contributed by atoms with Crippen LogP contribution in [0.1, 0.15) is 13.8 Å². The highest BCUT2D eigenvalue weighted by Gasteiger charge is 2.15. The molecule has 0 saturated heterocycles. The Morgan fingerprint density at radius 2 is 2.00 bits per heavy atom. The van der Waals surface area contributed by atoms with E-state index in [1.54, 1.807) is 12.3 Å². The normalized spacial score (nSPS) is 11.4. The summed E-state index contributed by atoms with van der Waals surface area (Å²) in [4.78, 5) is 16.3. The first kappa shape index (κ1) is 15.9. The lowest BCUT2D eigenvalue weighted by molar-refractivity contribution is -0.143. The van der Waals surface area contributed by atoms with Gasteiger partial charge in [-0.3, -0.25) is 9.36 Å². The number of hydrogen-bond acceptors (Lipinski definition) is 5. The van der Waals surface area contributed by atoms with Crippen molar-refractivity contribution in [3.63, 3.8) is 0 Å². The molecule has 1 N–H and O–H groups in total. The molecule has 0 atom stereocenters. The average molecular weight is 357 g/mol. The zero-order chi connectivity index (χ0) is 15.4. The average Bonchev–Trinajstić information content (AvgIpc) is 2.44. The standard InChI is InChI=1S/C14H17BrN2O4/c1-3-20-13(21-4-2)8-17-12(19)6-11(18)10-5-9(15)7-16-14(10)17/h5-7,13,18H,3-4,8H2,1-2H3. The summed E-state index contributed by atoms with van der Waals surface area (Å²) < 4.78 is 13.1. The van der Waals surface area contributed by atoms with E-state index in [9.17, 15) is 9.90 Å². The number of nitrogens with zero attached hydrogens (tertiary/aromatic N) is 2. The largest absolute Gasteiger partial charge is 0.507 e. The van der Waals surface area contributed by atoms with Gasteiger partial charge >= 0.3 is 0 Å². The molecule has 0 aliphatic carbocycles. The predicted octanol–water partition coefficient (Wildman–Crippen LogP) is 2.26. The van der Waals surface area contributed by atoms with Crippen molar-refractivity contribution in [3.8, 4) is 5.75 Å². The number of aromatic nitrogens is 2. The molecule has 2 rings (SSSR count). The van der Waals surface area contributed by atoms with Gasteiger partial charge in [-0.15, -0.1) is 0 Å². The maximum Gasteiger partial charge on any atom is 0.256 e. The second-order valence-corrected chi connectivity index (χ2v) is 5.26. The molecule has 0 spiro atoms. The summed E-state index contributed by atoms with van der Waals surface area (Å²) in [6, 6.07) is 2.88. The maximum absolute atomic E-state index is 12.1. The second-order valence-electron chi connectivity index (χ2n) is 4.34. The Morgan fingerprint density at radius 1 is 1.33 bits per heavy atom. The van der Waals surface area contributed by atoms with Gasteiger partial charge in [-0.1, -0.05) is 0 Å². The zero-order valence-electron chi connectivity index (χ0n) is 11.9. The highest BCUT2D eigenvalue weighted by Crippen LogP contribution is 2.24. The van der Waals surface area contributed by atoms with Gasteiger partial charge in [0.25, 0.3) is 5.56 Å². The summed E-state index contributed by atoms with van der Waals surface area (Å²) in [5.41, 5.74) is 0.0480. The molecule has 0 saturated carbocycles. The van der Waals surface area contributed by atoms with Gasteiger partial charge in [0.2, 0.25) is 0 Å². The summed E-state index contributed by atoms with van der Waals surface area (Å²) in [5, 5.41) is 10.4. The molecule has 2 aromatic heterocycles. The minimum absolute atomic E-state index is 0.0931. The summed E-state index contributed by atoms with van der Waals surface area (Å²) in [7, 11) is 0. The molecule has 0 unspecified atom stereocenters. The monoisotopic (exact) mass is 356 g/mol. The van der Waals surface area contributed by atoms with Crippen molar-refractivity contribution in [2.24, 2.45) is 0 Å². The minimum Gasteiger partial charge on any atom is -0.507 e. The smallest absolute Gasteiger partial charge is 0.256 e. The number of ether oxygens (including phenoxy) is 2. The Balaban J connectivity index is 2.49. The molecule has 0 fully saturated rings. The van der Waals surface area contributed by atoms with Crippen LogP contribution in [0.2, 0.25) is 0 Å². The quantitative estimate of drug-likeness (QED) is 0.803. The van der Waals surface area contributed by atoms with Crippen LogP contribution in [0.5, 0.6) is 5.75 Å². The molecule has 114 valence electrons. The fraction of sp³-hybridized carbons (Fsp3) is 0.429. The number of fused-ring (bicyclic) bond motifs is 1. The van der Waals surface area contributed by atoms with Gasteiger partial charge in [0.1, 0.15) is 11.4 Å². The lowest BCUT2D eigenvalue weighted by Gasteiger charge is -2.19. The fourth-order valence-electron chi connectivity index (χ4n) is 2.06. The Morgan fingerprint density at radius 3 is 2.62 bits per heavy atom. The number of pyridine rings is 2. The molecule has 6 nitrogen and oxygen atoms in total. The maximum atomic E-state index is 12.1. The zero-order valence-corrected chi connectivity index (χ0v) is 13.5. The van der Waals surface area contributed by atoms with Gasteiger partial charge in [0, 0.05) is 29.9 Å². The highest BCUT2D eigenvalue weighted by molar-refractivity contribution is 9.10. The molecule has 0 radical (unpaired) electrons. The minimum atomic E-state index is -0.532. The van der Waals surface area contributed by atoms with E-state index in [-0.39, 0.29) is 17.9 Å². The summed E-state index contributed by atoms with van der Waals surface area (Å²) in [6.45, 7) is 4.90. The first-order valence-corrected chi connectivity index (χ1v) is 7.47. The predicted molar refractivity (Wildman–Crippen MR) is 82.4 cm³/mol. The lowest BCUT2D eigenvalue weighted by atomic mass is 10.2. The van der Waals surface area contributed by atoms with Crippen LogP contribution in [0.4, 0.5) is 0 Å². The van der Waals surface area contributed by atoms with Crippen molar-refractivity contribution in [1.29, 1.82) is 0 Å². The Bertz CT molecular complexity index is 680. The third-order valence-electron chi connectivity index (χ3n) is 2.93. The number of rotatable bonds is 6. The van der Waals surface area contributed by atoms with Gasteiger partial charge < -0.3 is 14.6 Å². The third-order valence-corrected chi connectivity index (χ3v) is 3.36.